The number of hydrogen-bond acceptors (Lipinski definition) is 2. The Morgan fingerprint density at radius 2 is 1.90 bits per heavy atom. The summed E-state index contributed by atoms with van der Waals surface area (Å²) < 4.78 is 6.43. The normalized spacial score (nSPS) is 15.7. The van der Waals surface area contributed by atoms with E-state index in [-0.39, 0.29) is 5.54 Å². The van der Waals surface area contributed by atoms with Gasteiger partial charge in [-0.3, -0.25) is 0 Å². The topological polar surface area (TPSA) is 20.1 Å². The second-order valence-corrected chi connectivity index (χ2v) is 9.35. The van der Waals surface area contributed by atoms with Crippen molar-refractivity contribution in [1.82, 2.24) is 0 Å². The van der Waals surface area contributed by atoms with Crippen LogP contribution >= 0.6 is 12.2 Å². The van der Waals surface area contributed by atoms with Crippen molar-refractivity contribution >= 4 is 51.7 Å². The molecule has 2 aromatic carbocycles. The van der Waals surface area contributed by atoms with Gasteiger partial charge in [-0.05, 0) is 0 Å². The minimum absolute atomic E-state index is 0.291. The van der Waals surface area contributed by atoms with Gasteiger partial charge >= 0.3 is 191 Å². The summed E-state index contributed by atoms with van der Waals surface area (Å²) in [5, 5.41) is 0.719. The van der Waals surface area contributed by atoms with Crippen LogP contribution in [-0.4, -0.2) is 29.6 Å². The first kappa shape index (κ1) is 21.9. The van der Waals surface area contributed by atoms with E-state index < -0.39 is 0 Å². The predicted octanol–water partition coefficient (Wildman–Crippen LogP) is 3.86. The van der Waals surface area contributed by atoms with Gasteiger partial charge in [0.15, 0.2) is 0 Å². The average molecular weight is 571 g/mol. The zero-order chi connectivity index (χ0) is 21.5. The van der Waals surface area contributed by atoms with E-state index in [0.717, 1.165) is 33.2 Å². The number of rotatable bonds is 4. The molecule has 1 saturated heterocycles. The summed E-state index contributed by atoms with van der Waals surface area (Å²) in [5.41, 5.74) is 6.11. The van der Waals surface area contributed by atoms with Gasteiger partial charge in [0.2, 0.25) is 0 Å². The van der Waals surface area contributed by atoms with E-state index >= 15 is 0 Å². The molecule has 7 heteroatoms. The quantitative estimate of drug-likeness (QED) is 0.316. The molecule has 0 atom stereocenters. The molecule has 0 N–H and O–H groups in total. The van der Waals surface area contributed by atoms with Gasteiger partial charge in [0, 0.05) is 0 Å². The van der Waals surface area contributed by atoms with Gasteiger partial charge in [-0.15, -0.1) is 0 Å². The Balaban J connectivity index is 2.09. The number of nitrogens with zero attached hydrogens (tertiary/aromatic N) is 3. The average Bonchev–Trinajstić information content (AvgIpc) is 2.84. The third-order valence-corrected chi connectivity index (χ3v) is 8.26. The van der Waals surface area contributed by atoms with E-state index in [1.165, 1.54) is 23.4 Å². The summed E-state index contributed by atoms with van der Waals surface area (Å²) >= 11 is 7.31. The fourth-order valence-electron chi connectivity index (χ4n) is 3.60. The van der Waals surface area contributed by atoms with E-state index in [1.54, 1.807) is 7.11 Å². The summed E-state index contributed by atoms with van der Waals surface area (Å²) in [6.45, 7) is 16.2. The second-order valence-electron chi connectivity index (χ2n) is 7.60. The van der Waals surface area contributed by atoms with Gasteiger partial charge in [0.05, 0.1) is 0 Å². The van der Waals surface area contributed by atoms with Crippen LogP contribution in [0.5, 0.6) is 0 Å². The SMILES string of the molecule is [B]c1cc(N2C(=S)N(c3ccc([N+]#[C-])c(C)c3C)[C](=[W])C2(C)C)ccc1COC. The number of ether oxygens (including phenoxy) is 1. The summed E-state index contributed by atoms with van der Waals surface area (Å²) in [4.78, 5) is 7.94. The Kier molecular flexibility index (Phi) is 6.15. The van der Waals surface area contributed by atoms with Gasteiger partial charge in [0.25, 0.3) is 0 Å². The number of methoxy groups -OCH3 is 1. The fraction of sp³-hybridized carbons (Fsp3) is 0.318. The van der Waals surface area contributed by atoms with Crippen molar-refractivity contribution in [1.29, 1.82) is 0 Å². The van der Waals surface area contributed by atoms with Crippen molar-refractivity contribution in [3.05, 3.63) is 58.4 Å². The van der Waals surface area contributed by atoms with Crippen molar-refractivity contribution in [3.8, 4) is 0 Å². The molecule has 2 aromatic rings. The molecule has 29 heavy (non-hydrogen) atoms. The Morgan fingerprint density at radius 3 is 2.48 bits per heavy atom. The standard InChI is InChI=1S/C22H22BN3OS.W/c1-14-15(2)20(10-9-19(14)24-5)25-13-22(3,4)26(21(25)28)17-8-7-16(12-27-6)18(23)11-17;/h7-11H,12H2,1-4,6H3;. The van der Waals surface area contributed by atoms with Gasteiger partial charge in [-0.25, -0.2) is 0 Å². The Bertz CT molecular complexity index is 1060. The molecule has 146 valence electrons. The van der Waals surface area contributed by atoms with Crippen LogP contribution < -0.4 is 15.3 Å². The molecule has 3 rings (SSSR count). The summed E-state index contributed by atoms with van der Waals surface area (Å²) in [6, 6.07) is 9.89. The molecule has 1 fully saturated rings. The van der Waals surface area contributed by atoms with Crippen molar-refractivity contribution in [3.63, 3.8) is 0 Å². The van der Waals surface area contributed by atoms with Crippen LogP contribution in [0.3, 0.4) is 0 Å². The van der Waals surface area contributed by atoms with Crippen molar-refractivity contribution < 1.29 is 24.1 Å². The molecule has 0 unspecified atom stereocenters. The molecule has 0 bridgehead atoms. The molecule has 0 saturated carbocycles. The Morgan fingerprint density at radius 1 is 1.21 bits per heavy atom. The van der Waals surface area contributed by atoms with Crippen LogP contribution in [0.25, 0.3) is 4.85 Å². The van der Waals surface area contributed by atoms with Gasteiger partial charge < -0.3 is 0 Å². The van der Waals surface area contributed by atoms with E-state index in [4.69, 9.17) is 31.4 Å². The predicted molar refractivity (Wildman–Crippen MR) is 121 cm³/mol. The summed E-state index contributed by atoms with van der Waals surface area (Å²) in [7, 11) is 7.93. The van der Waals surface area contributed by atoms with Gasteiger partial charge in [-0.2, -0.15) is 0 Å². The maximum atomic E-state index is 7.37. The first-order chi connectivity index (χ1) is 13.6. The van der Waals surface area contributed by atoms with Gasteiger partial charge in [-0.1, -0.05) is 0 Å². The molecular weight excluding hydrogens is 549 g/mol. The monoisotopic (exact) mass is 571 g/mol. The van der Waals surface area contributed by atoms with E-state index in [0.29, 0.717) is 17.8 Å². The summed E-state index contributed by atoms with van der Waals surface area (Å²) in [6.07, 6.45) is 0. The minimum atomic E-state index is -0.291. The molecular formula is C22H22BN3OSW. The van der Waals surface area contributed by atoms with Gasteiger partial charge in [0.1, 0.15) is 0 Å². The van der Waals surface area contributed by atoms with Crippen LogP contribution in [0.4, 0.5) is 17.1 Å². The molecule has 0 aliphatic carbocycles. The number of benzene rings is 2. The second kappa shape index (κ2) is 8.15. The molecule has 0 aromatic heterocycles. The summed E-state index contributed by atoms with van der Waals surface area (Å²) in [5.74, 6) is 0. The van der Waals surface area contributed by atoms with Crippen LogP contribution in [0, 0.1) is 20.4 Å². The van der Waals surface area contributed by atoms with E-state index in [1.807, 2.05) is 37.3 Å². The maximum absolute atomic E-state index is 7.37. The van der Waals surface area contributed by atoms with Crippen LogP contribution in [0.15, 0.2) is 30.3 Å². The molecule has 0 spiro atoms. The van der Waals surface area contributed by atoms with E-state index in [2.05, 4.69) is 35.4 Å². The first-order valence-electron chi connectivity index (χ1n) is 9.18. The Labute approximate surface area is 190 Å². The zero-order valence-corrected chi connectivity index (χ0v) is 21.0. The van der Waals surface area contributed by atoms with Crippen LogP contribution in [0.1, 0.15) is 30.5 Å². The zero-order valence-electron chi connectivity index (χ0n) is 17.2. The number of hydrogen-bond donors (Lipinski definition) is 0. The van der Waals surface area contributed by atoms with Crippen LogP contribution in [0.2, 0.25) is 0 Å². The van der Waals surface area contributed by atoms with Crippen molar-refractivity contribution in [2.45, 2.75) is 39.8 Å². The molecule has 1 aliphatic rings. The van der Waals surface area contributed by atoms with Crippen molar-refractivity contribution in [2.75, 3.05) is 16.9 Å². The molecule has 4 nitrogen and oxygen atoms in total. The first-order valence-corrected chi connectivity index (χ1v) is 11.1. The molecule has 2 radical (unpaired) electrons. The molecule has 0 amide bonds. The van der Waals surface area contributed by atoms with Crippen LogP contribution in [-0.2, 0) is 30.7 Å². The number of anilines is 2. The molecule has 1 heterocycles. The van der Waals surface area contributed by atoms with Crippen molar-refractivity contribution in [2.24, 2.45) is 0 Å². The fourth-order valence-corrected chi connectivity index (χ4v) is 5.35. The number of thiocarbonyl (C=S) groups is 1. The van der Waals surface area contributed by atoms with E-state index in [9.17, 15) is 0 Å². The third-order valence-electron chi connectivity index (χ3n) is 5.45. The third kappa shape index (κ3) is 3.61. The molecule has 1 aliphatic heterocycles. The Hall–Kier alpha value is -1.80.